The quantitative estimate of drug-likeness (QED) is 0.766. The van der Waals surface area contributed by atoms with Crippen LogP contribution in [-0.4, -0.2) is 23.5 Å². The molecule has 0 aliphatic carbocycles. The molecule has 94 valence electrons. The second-order valence-electron chi connectivity index (χ2n) is 4.48. The average molecular weight is 246 g/mol. The number of carbonyl (C=O) groups is 1. The minimum Gasteiger partial charge on any atom is -0.423 e. The van der Waals surface area contributed by atoms with E-state index in [2.05, 4.69) is 4.98 Å². The normalized spacial score (nSPS) is 19.6. The van der Waals surface area contributed by atoms with Gasteiger partial charge in [-0.1, -0.05) is 0 Å². The van der Waals surface area contributed by atoms with Gasteiger partial charge in [0.15, 0.2) is 5.58 Å². The summed E-state index contributed by atoms with van der Waals surface area (Å²) in [4.78, 5) is 17.5. The van der Waals surface area contributed by atoms with Crippen molar-refractivity contribution in [3.8, 4) is 0 Å². The first-order valence-corrected chi connectivity index (χ1v) is 5.87. The van der Waals surface area contributed by atoms with Crippen molar-refractivity contribution in [3.63, 3.8) is 0 Å². The number of aromatic nitrogens is 1. The van der Waals surface area contributed by atoms with Crippen molar-refractivity contribution < 1.29 is 9.21 Å². The highest BCUT2D eigenvalue weighted by atomic mass is 16.4. The predicted octanol–water partition coefficient (Wildman–Crippen LogP) is 0.864. The summed E-state index contributed by atoms with van der Waals surface area (Å²) in [6.07, 6.45) is 1.66. The van der Waals surface area contributed by atoms with Crippen molar-refractivity contribution in [1.29, 1.82) is 0 Å². The lowest BCUT2D eigenvalue weighted by Crippen LogP contribution is -2.40. The molecule has 2 aromatic rings. The molecule has 1 amide bonds. The van der Waals surface area contributed by atoms with Gasteiger partial charge in [0, 0.05) is 12.2 Å². The Labute approximate surface area is 104 Å². The topological polar surface area (TPSA) is 98.4 Å². The fourth-order valence-electron chi connectivity index (χ4n) is 2.35. The van der Waals surface area contributed by atoms with Crippen LogP contribution in [-0.2, 0) is 4.79 Å². The largest absolute Gasteiger partial charge is 0.423 e. The molecule has 0 radical (unpaired) electrons. The van der Waals surface area contributed by atoms with Crippen molar-refractivity contribution >= 4 is 28.7 Å². The van der Waals surface area contributed by atoms with E-state index < -0.39 is 0 Å². The van der Waals surface area contributed by atoms with Gasteiger partial charge in [-0.15, -0.1) is 0 Å². The number of carbonyl (C=O) groups excluding carboxylic acids is 1. The lowest BCUT2D eigenvalue weighted by Gasteiger charge is -2.19. The van der Waals surface area contributed by atoms with Crippen molar-refractivity contribution in [2.75, 3.05) is 17.2 Å². The average Bonchev–Trinajstić information content (AvgIpc) is 2.93. The first-order chi connectivity index (χ1) is 8.65. The van der Waals surface area contributed by atoms with Gasteiger partial charge < -0.3 is 20.8 Å². The van der Waals surface area contributed by atoms with E-state index in [0.29, 0.717) is 22.8 Å². The number of hydrogen-bond donors (Lipinski definition) is 2. The highest BCUT2D eigenvalue weighted by molar-refractivity contribution is 5.84. The number of amides is 1. The standard InChI is InChI=1S/C12H14N4O2/c13-7-3-4-10-8(6-7)15-12(18-10)16-5-1-2-9(16)11(14)17/h3-4,6,9H,1-2,5,13H2,(H2,14,17). The number of oxazole rings is 1. The Morgan fingerprint density at radius 2 is 2.33 bits per heavy atom. The molecule has 1 fully saturated rings. The zero-order valence-corrected chi connectivity index (χ0v) is 9.80. The molecule has 3 rings (SSSR count). The molecule has 18 heavy (non-hydrogen) atoms. The summed E-state index contributed by atoms with van der Waals surface area (Å²) in [7, 11) is 0. The lowest BCUT2D eigenvalue weighted by molar-refractivity contribution is -0.119. The third-order valence-electron chi connectivity index (χ3n) is 3.23. The maximum atomic E-state index is 11.3. The van der Waals surface area contributed by atoms with Crippen LogP contribution in [0.4, 0.5) is 11.7 Å². The minimum atomic E-state index is -0.339. The fourth-order valence-corrected chi connectivity index (χ4v) is 2.35. The third-order valence-corrected chi connectivity index (χ3v) is 3.23. The molecule has 1 saturated heterocycles. The highest BCUT2D eigenvalue weighted by Gasteiger charge is 2.32. The van der Waals surface area contributed by atoms with Gasteiger partial charge in [0.05, 0.1) is 0 Å². The van der Waals surface area contributed by atoms with E-state index in [-0.39, 0.29) is 11.9 Å². The molecule has 1 aromatic heterocycles. The van der Waals surface area contributed by atoms with Crippen LogP contribution in [0.25, 0.3) is 11.1 Å². The van der Waals surface area contributed by atoms with Gasteiger partial charge in [-0.2, -0.15) is 4.98 Å². The number of benzene rings is 1. The summed E-state index contributed by atoms with van der Waals surface area (Å²) < 4.78 is 5.64. The van der Waals surface area contributed by atoms with E-state index in [1.807, 2.05) is 4.90 Å². The monoisotopic (exact) mass is 246 g/mol. The Hall–Kier alpha value is -2.24. The molecule has 1 aliphatic heterocycles. The molecule has 0 spiro atoms. The van der Waals surface area contributed by atoms with Gasteiger partial charge in [-0.05, 0) is 31.0 Å². The van der Waals surface area contributed by atoms with E-state index in [1.54, 1.807) is 18.2 Å². The molecule has 0 saturated carbocycles. The van der Waals surface area contributed by atoms with Gasteiger partial charge in [0.25, 0.3) is 6.01 Å². The minimum absolute atomic E-state index is 0.324. The second kappa shape index (κ2) is 3.90. The molecule has 1 unspecified atom stereocenters. The van der Waals surface area contributed by atoms with Crippen LogP contribution >= 0.6 is 0 Å². The summed E-state index contributed by atoms with van der Waals surface area (Å²) in [6, 6.07) is 5.40. The van der Waals surface area contributed by atoms with Crippen LogP contribution in [0.15, 0.2) is 22.6 Å². The smallest absolute Gasteiger partial charge is 0.299 e. The molecule has 6 nitrogen and oxygen atoms in total. The SMILES string of the molecule is NC(=O)C1CCCN1c1nc2cc(N)ccc2o1. The number of hydrogen-bond acceptors (Lipinski definition) is 5. The molecular weight excluding hydrogens is 232 g/mol. The van der Waals surface area contributed by atoms with Gasteiger partial charge >= 0.3 is 0 Å². The summed E-state index contributed by atoms with van der Waals surface area (Å²) in [6.45, 7) is 0.732. The lowest BCUT2D eigenvalue weighted by atomic mass is 10.2. The highest BCUT2D eigenvalue weighted by Crippen LogP contribution is 2.28. The molecule has 6 heteroatoms. The first kappa shape index (κ1) is 10.9. The Bertz CT molecular complexity index is 607. The fraction of sp³-hybridized carbons (Fsp3) is 0.333. The maximum Gasteiger partial charge on any atom is 0.299 e. The van der Waals surface area contributed by atoms with Crippen LogP contribution < -0.4 is 16.4 Å². The molecule has 2 heterocycles. The Morgan fingerprint density at radius 1 is 1.50 bits per heavy atom. The molecule has 0 bridgehead atoms. The van der Waals surface area contributed by atoms with Crippen molar-refractivity contribution in [1.82, 2.24) is 4.98 Å². The summed E-state index contributed by atoms with van der Waals surface area (Å²) in [5.41, 5.74) is 13.1. The number of primary amides is 1. The zero-order valence-electron chi connectivity index (χ0n) is 9.80. The number of nitrogen functional groups attached to an aromatic ring is 1. The number of rotatable bonds is 2. The third kappa shape index (κ3) is 1.66. The van der Waals surface area contributed by atoms with Crippen LogP contribution in [0.5, 0.6) is 0 Å². The summed E-state index contributed by atoms with van der Waals surface area (Å²) in [5.74, 6) is -0.339. The van der Waals surface area contributed by atoms with Crippen molar-refractivity contribution in [2.45, 2.75) is 18.9 Å². The maximum absolute atomic E-state index is 11.3. The molecule has 1 aliphatic rings. The van der Waals surface area contributed by atoms with Crippen LogP contribution in [0.2, 0.25) is 0 Å². The Morgan fingerprint density at radius 3 is 3.11 bits per heavy atom. The molecular formula is C12H14N4O2. The summed E-state index contributed by atoms with van der Waals surface area (Å²) >= 11 is 0. The van der Waals surface area contributed by atoms with E-state index >= 15 is 0 Å². The Kier molecular flexibility index (Phi) is 2.36. The van der Waals surface area contributed by atoms with E-state index in [0.717, 1.165) is 19.4 Å². The van der Waals surface area contributed by atoms with E-state index in [4.69, 9.17) is 15.9 Å². The van der Waals surface area contributed by atoms with Crippen LogP contribution in [0.1, 0.15) is 12.8 Å². The second-order valence-corrected chi connectivity index (χ2v) is 4.48. The Balaban J connectivity index is 2.01. The van der Waals surface area contributed by atoms with Crippen LogP contribution in [0.3, 0.4) is 0 Å². The summed E-state index contributed by atoms with van der Waals surface area (Å²) in [5, 5.41) is 0. The molecule has 1 atom stereocenters. The predicted molar refractivity (Wildman–Crippen MR) is 68.0 cm³/mol. The van der Waals surface area contributed by atoms with Crippen LogP contribution in [0, 0.1) is 0 Å². The first-order valence-electron chi connectivity index (χ1n) is 5.87. The zero-order chi connectivity index (χ0) is 12.7. The van der Waals surface area contributed by atoms with Crippen molar-refractivity contribution in [2.24, 2.45) is 5.73 Å². The number of nitrogens with two attached hydrogens (primary N) is 2. The van der Waals surface area contributed by atoms with Gasteiger partial charge in [-0.3, -0.25) is 4.79 Å². The van der Waals surface area contributed by atoms with Crippen molar-refractivity contribution in [3.05, 3.63) is 18.2 Å². The number of fused-ring (bicyclic) bond motifs is 1. The van der Waals surface area contributed by atoms with Gasteiger partial charge in [0.1, 0.15) is 11.6 Å². The molecule has 4 N–H and O–H groups in total. The number of nitrogens with zero attached hydrogens (tertiary/aromatic N) is 2. The van der Waals surface area contributed by atoms with Gasteiger partial charge in [0.2, 0.25) is 5.91 Å². The van der Waals surface area contributed by atoms with E-state index in [1.165, 1.54) is 0 Å². The van der Waals surface area contributed by atoms with Gasteiger partial charge in [-0.25, -0.2) is 0 Å². The molecule has 1 aromatic carbocycles. The van der Waals surface area contributed by atoms with E-state index in [9.17, 15) is 4.79 Å². The number of anilines is 2.